The highest BCUT2D eigenvalue weighted by molar-refractivity contribution is 4.92. The van der Waals surface area contributed by atoms with E-state index in [1.54, 1.807) is 0 Å². The van der Waals surface area contributed by atoms with Crippen LogP contribution in [0, 0.1) is 45.3 Å². The Bertz CT molecular complexity index is 557. The second-order valence-electron chi connectivity index (χ2n) is 18.9. The first-order valence-corrected chi connectivity index (χ1v) is 17.3. The number of rotatable bonds is 12. The van der Waals surface area contributed by atoms with Gasteiger partial charge in [-0.3, -0.25) is 0 Å². The minimum Gasteiger partial charge on any atom is -0.301 e. The van der Waals surface area contributed by atoms with Crippen LogP contribution in [-0.2, 0) is 0 Å². The smallest absolute Gasteiger partial charge is 0.0458 e. The third kappa shape index (κ3) is 14.6. The molecule has 0 heterocycles. The van der Waals surface area contributed by atoms with Crippen molar-refractivity contribution in [3.8, 4) is 0 Å². The molecule has 2 heteroatoms. The summed E-state index contributed by atoms with van der Waals surface area (Å²) < 4.78 is 0. The molecule has 0 bridgehead atoms. The summed E-state index contributed by atoms with van der Waals surface area (Å²) in [4.78, 5) is 0. The van der Waals surface area contributed by atoms with Crippen molar-refractivity contribution in [2.75, 3.05) is 6.67 Å². The van der Waals surface area contributed by atoms with E-state index in [4.69, 9.17) is 0 Å². The molecule has 39 heavy (non-hydrogen) atoms. The molecule has 2 nitrogen and oxygen atoms in total. The molecule has 0 aromatic carbocycles. The fourth-order valence-electron chi connectivity index (χ4n) is 7.50. The van der Waals surface area contributed by atoms with Crippen LogP contribution < -0.4 is 10.6 Å². The molecule has 0 aromatic rings. The minimum absolute atomic E-state index is 0.434. The van der Waals surface area contributed by atoms with Gasteiger partial charge in [-0.25, -0.2) is 0 Å². The van der Waals surface area contributed by atoms with Gasteiger partial charge < -0.3 is 10.6 Å². The fraction of sp³-hybridized carbons (Fsp3) is 1.00. The molecule has 2 fully saturated rings. The molecule has 0 saturated heterocycles. The molecule has 0 spiro atoms. The average Bonchev–Trinajstić information content (AvgIpc) is 2.78. The third-order valence-electron chi connectivity index (χ3n) is 10.1. The van der Waals surface area contributed by atoms with Gasteiger partial charge in [-0.1, -0.05) is 95.9 Å². The molecule has 2 rings (SSSR count). The van der Waals surface area contributed by atoms with Crippen molar-refractivity contribution in [1.29, 1.82) is 0 Å². The fourth-order valence-corrected chi connectivity index (χ4v) is 7.50. The summed E-state index contributed by atoms with van der Waals surface area (Å²) in [5, 5.41) is 8.43. The van der Waals surface area contributed by atoms with Crippen LogP contribution in [0.3, 0.4) is 0 Å². The van der Waals surface area contributed by atoms with E-state index < -0.39 is 0 Å². The highest BCUT2D eigenvalue weighted by Crippen LogP contribution is 2.40. The van der Waals surface area contributed by atoms with Crippen molar-refractivity contribution in [2.45, 2.75) is 185 Å². The molecule has 0 aromatic heterocycles. The van der Waals surface area contributed by atoms with Gasteiger partial charge in [-0.05, 0) is 122 Å². The zero-order valence-corrected chi connectivity index (χ0v) is 29.1. The molecule has 2 aliphatic rings. The molecule has 4 atom stereocenters. The minimum atomic E-state index is 0.434. The lowest BCUT2D eigenvalue weighted by Crippen LogP contribution is -2.53. The SMILES string of the molecule is CC(C)(C)CCC1CCCC(CCC(C)(C)C)C1NCNC1C(CCC(C)(C)C)CCCC1CCC(C)(C)C. The maximum atomic E-state index is 4.22. The predicted octanol–water partition coefficient (Wildman–Crippen LogP) is 11.0. The van der Waals surface area contributed by atoms with E-state index in [0.717, 1.165) is 30.3 Å². The Morgan fingerprint density at radius 1 is 0.410 bits per heavy atom. The maximum Gasteiger partial charge on any atom is 0.0458 e. The first-order valence-electron chi connectivity index (χ1n) is 17.3. The Morgan fingerprint density at radius 2 is 0.641 bits per heavy atom. The number of hydrogen-bond donors (Lipinski definition) is 2. The average molecular weight is 547 g/mol. The molecular formula is C37H74N2. The van der Waals surface area contributed by atoms with Crippen LogP contribution in [0.25, 0.3) is 0 Å². The van der Waals surface area contributed by atoms with E-state index in [9.17, 15) is 0 Å². The van der Waals surface area contributed by atoms with Crippen LogP contribution in [0.2, 0.25) is 0 Å². The predicted molar refractivity (Wildman–Crippen MR) is 175 cm³/mol. The van der Waals surface area contributed by atoms with Gasteiger partial charge >= 0.3 is 0 Å². The standard InChI is InChI=1S/C37H74N2/c1-34(2,3)23-19-28-15-13-16-29(20-24-35(4,5)6)32(28)38-27-39-33-30(21-25-36(7,8)9)17-14-18-31(33)22-26-37(10,11)12/h28-33,38-39H,13-27H2,1-12H3. The van der Waals surface area contributed by atoms with Crippen LogP contribution in [0.4, 0.5) is 0 Å². The summed E-state index contributed by atoms with van der Waals surface area (Å²) in [7, 11) is 0. The lowest BCUT2D eigenvalue weighted by atomic mass is 9.70. The molecular weight excluding hydrogens is 472 g/mol. The summed E-state index contributed by atoms with van der Waals surface area (Å²) in [6.07, 6.45) is 19.5. The summed E-state index contributed by atoms with van der Waals surface area (Å²) in [6.45, 7) is 30.1. The Labute approximate surface area is 247 Å². The Kier molecular flexibility index (Phi) is 13.4. The molecule has 2 saturated carbocycles. The largest absolute Gasteiger partial charge is 0.301 e. The number of hydrogen-bond acceptors (Lipinski definition) is 2. The van der Waals surface area contributed by atoms with Crippen LogP contribution in [0.15, 0.2) is 0 Å². The summed E-state index contributed by atoms with van der Waals surface area (Å²) in [6, 6.07) is 1.36. The third-order valence-corrected chi connectivity index (χ3v) is 10.1. The molecule has 0 aliphatic heterocycles. The van der Waals surface area contributed by atoms with E-state index in [1.165, 1.54) is 89.9 Å². The van der Waals surface area contributed by atoms with E-state index >= 15 is 0 Å². The lowest BCUT2D eigenvalue weighted by molar-refractivity contribution is 0.117. The van der Waals surface area contributed by atoms with Crippen molar-refractivity contribution >= 4 is 0 Å². The lowest BCUT2D eigenvalue weighted by Gasteiger charge is -2.43. The summed E-state index contributed by atoms with van der Waals surface area (Å²) in [5.74, 6) is 3.35. The van der Waals surface area contributed by atoms with E-state index in [-0.39, 0.29) is 0 Å². The monoisotopic (exact) mass is 547 g/mol. The Morgan fingerprint density at radius 3 is 0.846 bits per heavy atom. The van der Waals surface area contributed by atoms with E-state index in [2.05, 4.69) is 93.7 Å². The van der Waals surface area contributed by atoms with Gasteiger partial charge in [0.25, 0.3) is 0 Å². The topological polar surface area (TPSA) is 24.1 Å². The summed E-state index contributed by atoms with van der Waals surface area (Å²) >= 11 is 0. The second-order valence-corrected chi connectivity index (χ2v) is 18.9. The second kappa shape index (κ2) is 14.9. The van der Waals surface area contributed by atoms with E-state index in [0.29, 0.717) is 33.7 Å². The van der Waals surface area contributed by atoms with Gasteiger partial charge in [0.2, 0.25) is 0 Å². The highest BCUT2D eigenvalue weighted by Gasteiger charge is 2.36. The summed E-state index contributed by atoms with van der Waals surface area (Å²) in [5.41, 5.74) is 1.74. The van der Waals surface area contributed by atoms with Crippen molar-refractivity contribution in [3.05, 3.63) is 0 Å². The number of nitrogens with one attached hydrogen (secondary N) is 2. The van der Waals surface area contributed by atoms with E-state index in [1.807, 2.05) is 0 Å². The van der Waals surface area contributed by atoms with Gasteiger partial charge in [0.05, 0.1) is 0 Å². The van der Waals surface area contributed by atoms with Crippen molar-refractivity contribution in [1.82, 2.24) is 10.6 Å². The first kappa shape index (κ1) is 35.1. The zero-order valence-electron chi connectivity index (χ0n) is 29.1. The molecule has 2 N–H and O–H groups in total. The van der Waals surface area contributed by atoms with Crippen LogP contribution in [0.5, 0.6) is 0 Å². The molecule has 0 radical (unpaired) electrons. The molecule has 2 aliphatic carbocycles. The molecule has 0 amide bonds. The van der Waals surface area contributed by atoms with Gasteiger partial charge in [-0.15, -0.1) is 0 Å². The van der Waals surface area contributed by atoms with Crippen LogP contribution in [0.1, 0.15) is 173 Å². The van der Waals surface area contributed by atoms with Crippen LogP contribution in [-0.4, -0.2) is 18.8 Å². The zero-order chi connectivity index (χ0) is 29.5. The molecule has 4 unspecified atom stereocenters. The van der Waals surface area contributed by atoms with Gasteiger partial charge in [0, 0.05) is 18.8 Å². The van der Waals surface area contributed by atoms with Crippen LogP contribution >= 0.6 is 0 Å². The normalized spacial score (nSPS) is 29.5. The quantitative estimate of drug-likeness (QED) is 0.238. The van der Waals surface area contributed by atoms with Gasteiger partial charge in [0.1, 0.15) is 0 Å². The van der Waals surface area contributed by atoms with Crippen molar-refractivity contribution in [2.24, 2.45) is 45.3 Å². The maximum absolute atomic E-state index is 4.22. The highest BCUT2D eigenvalue weighted by atomic mass is 15.1. The van der Waals surface area contributed by atoms with Crippen molar-refractivity contribution in [3.63, 3.8) is 0 Å². The first-order chi connectivity index (χ1) is 17.8. The Balaban J connectivity index is 2.12. The Hall–Kier alpha value is -0.0800. The van der Waals surface area contributed by atoms with Gasteiger partial charge in [0.15, 0.2) is 0 Å². The molecule has 232 valence electrons. The van der Waals surface area contributed by atoms with Gasteiger partial charge in [-0.2, -0.15) is 0 Å². The van der Waals surface area contributed by atoms with Crippen molar-refractivity contribution < 1.29 is 0 Å².